The fourth-order valence-corrected chi connectivity index (χ4v) is 2.03. The lowest BCUT2D eigenvalue weighted by Crippen LogP contribution is -2.32. The van der Waals surface area contributed by atoms with Crippen molar-refractivity contribution in [1.29, 1.82) is 0 Å². The van der Waals surface area contributed by atoms with Gasteiger partial charge in [-0.15, -0.1) is 0 Å². The molecular weight excluding hydrogens is 226 g/mol. The van der Waals surface area contributed by atoms with E-state index in [9.17, 15) is 0 Å². The van der Waals surface area contributed by atoms with E-state index in [0.29, 0.717) is 11.9 Å². The molecule has 2 atom stereocenters. The molecule has 1 heterocycles. The molecule has 0 saturated carbocycles. The summed E-state index contributed by atoms with van der Waals surface area (Å²) in [4.78, 5) is 8.35. The van der Waals surface area contributed by atoms with Crippen molar-refractivity contribution in [3.05, 3.63) is 18.1 Å². The Hall–Kier alpha value is -1.16. The minimum absolute atomic E-state index is 0.476. The number of aromatic nitrogens is 2. The summed E-state index contributed by atoms with van der Waals surface area (Å²) in [6, 6.07) is 2.39. The van der Waals surface area contributed by atoms with Gasteiger partial charge in [0.25, 0.3) is 0 Å². The van der Waals surface area contributed by atoms with Gasteiger partial charge < -0.3 is 10.1 Å². The number of nitrogens with one attached hydrogen (secondary N) is 1. The number of ether oxygens (including phenoxy) is 1. The Morgan fingerprint density at radius 2 is 2.11 bits per heavy atom. The van der Waals surface area contributed by atoms with Gasteiger partial charge in [0, 0.05) is 24.2 Å². The Balaban J connectivity index is 2.63. The van der Waals surface area contributed by atoms with Crippen LogP contribution in [0.2, 0.25) is 0 Å². The molecule has 1 N–H and O–H groups in total. The lowest BCUT2D eigenvalue weighted by molar-refractivity contribution is 0.386. The highest BCUT2D eigenvalue weighted by atomic mass is 16.5. The van der Waals surface area contributed by atoms with Gasteiger partial charge >= 0.3 is 0 Å². The Labute approximate surface area is 110 Å². The minimum Gasteiger partial charge on any atom is -0.481 e. The second-order valence-electron chi connectivity index (χ2n) is 4.76. The molecule has 0 aliphatic carbocycles. The van der Waals surface area contributed by atoms with E-state index in [4.69, 9.17) is 4.74 Å². The first-order valence-corrected chi connectivity index (χ1v) is 6.77. The van der Waals surface area contributed by atoms with Crippen molar-refractivity contribution < 1.29 is 4.74 Å². The summed E-state index contributed by atoms with van der Waals surface area (Å²) in [7, 11) is 1.63. The summed E-state index contributed by atoms with van der Waals surface area (Å²) < 4.78 is 5.13. The number of hydrogen-bond acceptors (Lipinski definition) is 4. The van der Waals surface area contributed by atoms with Crippen molar-refractivity contribution in [2.45, 2.75) is 46.1 Å². The maximum atomic E-state index is 5.13. The summed E-state index contributed by atoms with van der Waals surface area (Å²) in [6.45, 7) is 7.67. The van der Waals surface area contributed by atoms with Gasteiger partial charge in [0.15, 0.2) is 0 Å². The van der Waals surface area contributed by atoms with E-state index in [1.54, 1.807) is 13.4 Å². The van der Waals surface area contributed by atoms with Gasteiger partial charge in [-0.1, -0.05) is 27.2 Å². The predicted octanol–water partition coefficient (Wildman–Crippen LogP) is 2.44. The molecule has 0 aromatic carbocycles. The molecule has 4 heteroatoms. The number of methoxy groups -OCH3 is 1. The van der Waals surface area contributed by atoms with Crippen molar-refractivity contribution in [3.8, 4) is 5.88 Å². The third-order valence-electron chi connectivity index (χ3n) is 3.24. The standard InChI is InChI=1S/C14H25N3O/c1-5-11(3)7-12(15-6-2)8-13-9-14(18-4)17-10-16-13/h9-12,15H,5-8H2,1-4H3. The van der Waals surface area contributed by atoms with Crippen LogP contribution in [0.3, 0.4) is 0 Å². The van der Waals surface area contributed by atoms with Crippen LogP contribution in [0.15, 0.2) is 12.4 Å². The molecule has 0 fully saturated rings. The summed E-state index contributed by atoms with van der Waals surface area (Å²) in [5.41, 5.74) is 1.04. The largest absolute Gasteiger partial charge is 0.481 e. The first kappa shape index (κ1) is 14.9. The van der Waals surface area contributed by atoms with Crippen molar-refractivity contribution in [2.24, 2.45) is 5.92 Å². The van der Waals surface area contributed by atoms with Gasteiger partial charge in [-0.05, 0) is 18.9 Å². The Morgan fingerprint density at radius 3 is 2.72 bits per heavy atom. The molecule has 18 heavy (non-hydrogen) atoms. The highest BCUT2D eigenvalue weighted by Gasteiger charge is 2.13. The number of hydrogen-bond donors (Lipinski definition) is 1. The number of rotatable bonds is 8. The van der Waals surface area contributed by atoms with E-state index in [-0.39, 0.29) is 0 Å². The van der Waals surface area contributed by atoms with E-state index >= 15 is 0 Å². The average molecular weight is 251 g/mol. The Kier molecular flexibility index (Phi) is 6.65. The van der Waals surface area contributed by atoms with Gasteiger partial charge in [-0.25, -0.2) is 9.97 Å². The molecule has 0 spiro atoms. The van der Waals surface area contributed by atoms with Crippen molar-refractivity contribution in [1.82, 2.24) is 15.3 Å². The normalized spacial score (nSPS) is 14.2. The van der Waals surface area contributed by atoms with Crippen LogP contribution in [-0.4, -0.2) is 29.7 Å². The molecule has 0 amide bonds. The van der Waals surface area contributed by atoms with Crippen molar-refractivity contribution in [2.75, 3.05) is 13.7 Å². The SMILES string of the molecule is CCNC(Cc1cc(OC)ncn1)CC(C)CC. The quantitative estimate of drug-likeness (QED) is 0.771. The average Bonchev–Trinajstić information content (AvgIpc) is 2.39. The first-order valence-electron chi connectivity index (χ1n) is 6.77. The number of nitrogens with zero attached hydrogens (tertiary/aromatic N) is 2. The van der Waals surface area contributed by atoms with Crippen molar-refractivity contribution in [3.63, 3.8) is 0 Å². The Bertz CT molecular complexity index is 344. The van der Waals surface area contributed by atoms with Crippen LogP contribution in [0.4, 0.5) is 0 Å². The van der Waals surface area contributed by atoms with Crippen LogP contribution in [-0.2, 0) is 6.42 Å². The van der Waals surface area contributed by atoms with E-state index in [0.717, 1.165) is 24.6 Å². The van der Waals surface area contributed by atoms with Crippen LogP contribution in [0, 0.1) is 5.92 Å². The topological polar surface area (TPSA) is 47.0 Å². The second-order valence-corrected chi connectivity index (χ2v) is 4.76. The van der Waals surface area contributed by atoms with Gasteiger partial charge in [0.05, 0.1) is 7.11 Å². The van der Waals surface area contributed by atoms with Gasteiger partial charge in [0.1, 0.15) is 6.33 Å². The van der Waals surface area contributed by atoms with Crippen molar-refractivity contribution >= 4 is 0 Å². The van der Waals surface area contributed by atoms with Gasteiger partial charge in [-0.3, -0.25) is 0 Å². The monoisotopic (exact) mass is 251 g/mol. The summed E-state index contributed by atoms with van der Waals surface area (Å²) >= 11 is 0. The highest BCUT2D eigenvalue weighted by Crippen LogP contribution is 2.14. The minimum atomic E-state index is 0.476. The smallest absolute Gasteiger partial charge is 0.216 e. The van der Waals surface area contributed by atoms with Gasteiger partial charge in [-0.2, -0.15) is 0 Å². The molecule has 0 aliphatic heterocycles. The zero-order valence-electron chi connectivity index (χ0n) is 11.9. The molecular formula is C14H25N3O. The first-order chi connectivity index (χ1) is 8.69. The van der Waals surface area contributed by atoms with Crippen LogP contribution >= 0.6 is 0 Å². The summed E-state index contributed by atoms with van der Waals surface area (Å²) in [5.74, 6) is 1.37. The fraction of sp³-hybridized carbons (Fsp3) is 0.714. The second kappa shape index (κ2) is 8.03. The molecule has 0 aliphatic rings. The van der Waals surface area contributed by atoms with Crippen LogP contribution in [0.1, 0.15) is 39.3 Å². The van der Waals surface area contributed by atoms with Crippen LogP contribution in [0.5, 0.6) is 5.88 Å². The molecule has 0 bridgehead atoms. The molecule has 0 radical (unpaired) electrons. The lowest BCUT2D eigenvalue weighted by atomic mass is 9.96. The molecule has 2 unspecified atom stereocenters. The van der Waals surface area contributed by atoms with E-state index in [2.05, 4.69) is 36.1 Å². The molecule has 1 rings (SSSR count). The van der Waals surface area contributed by atoms with Gasteiger partial charge in [0.2, 0.25) is 5.88 Å². The zero-order valence-corrected chi connectivity index (χ0v) is 11.9. The summed E-state index contributed by atoms with van der Waals surface area (Å²) in [5, 5.41) is 3.53. The maximum Gasteiger partial charge on any atom is 0.216 e. The molecule has 4 nitrogen and oxygen atoms in total. The lowest BCUT2D eigenvalue weighted by Gasteiger charge is -2.20. The van der Waals surface area contributed by atoms with E-state index in [1.807, 2.05) is 6.07 Å². The fourth-order valence-electron chi connectivity index (χ4n) is 2.03. The zero-order chi connectivity index (χ0) is 13.4. The number of likely N-dealkylation sites (N-methyl/N-ethyl adjacent to an activating group) is 1. The van der Waals surface area contributed by atoms with Crippen LogP contribution < -0.4 is 10.1 Å². The highest BCUT2D eigenvalue weighted by molar-refractivity contribution is 5.14. The predicted molar refractivity (Wildman–Crippen MR) is 73.8 cm³/mol. The third kappa shape index (κ3) is 5.00. The summed E-state index contributed by atoms with van der Waals surface area (Å²) in [6.07, 6.45) is 4.89. The third-order valence-corrected chi connectivity index (χ3v) is 3.24. The molecule has 1 aromatic rings. The Morgan fingerprint density at radius 1 is 1.33 bits per heavy atom. The molecule has 102 valence electrons. The van der Waals surface area contributed by atoms with Crippen LogP contribution in [0.25, 0.3) is 0 Å². The maximum absolute atomic E-state index is 5.13. The van der Waals surface area contributed by atoms with E-state index in [1.165, 1.54) is 12.8 Å². The molecule has 1 aromatic heterocycles. The van der Waals surface area contributed by atoms with E-state index < -0.39 is 0 Å². The molecule has 0 saturated heterocycles.